The number of hydrogen-bond acceptors (Lipinski definition) is 1. The molecule has 1 heteroatoms. The van der Waals surface area contributed by atoms with Gasteiger partial charge in [-0.1, -0.05) is 37.5 Å². The van der Waals surface area contributed by atoms with Gasteiger partial charge in [-0.05, 0) is 55.2 Å². The van der Waals surface area contributed by atoms with Crippen LogP contribution in [0.1, 0.15) is 48.8 Å². The largest absolute Gasteiger partial charge is 0.396 e. The van der Waals surface area contributed by atoms with Crippen molar-refractivity contribution in [1.82, 2.24) is 0 Å². The first kappa shape index (κ1) is 12.6. The smallest absolute Gasteiger partial charge is 0.0490 e. The standard InChI is InChI=1S/C16H24O/c1-13-6-7-15(10-14(13)2)11-16(12-17)8-4-3-5-9-16/h6-7,10,17H,3-5,8-9,11-12H2,1-2H3. The number of benzene rings is 1. The summed E-state index contributed by atoms with van der Waals surface area (Å²) >= 11 is 0. The van der Waals surface area contributed by atoms with Gasteiger partial charge in [-0.15, -0.1) is 0 Å². The fourth-order valence-corrected chi connectivity index (χ4v) is 3.04. The van der Waals surface area contributed by atoms with Crippen LogP contribution in [0.15, 0.2) is 18.2 Å². The summed E-state index contributed by atoms with van der Waals surface area (Å²) in [7, 11) is 0. The Labute approximate surface area is 105 Å². The van der Waals surface area contributed by atoms with Crippen molar-refractivity contribution in [1.29, 1.82) is 0 Å². The molecular weight excluding hydrogens is 208 g/mol. The Bertz CT molecular complexity index is 375. The van der Waals surface area contributed by atoms with Gasteiger partial charge in [0.2, 0.25) is 0 Å². The van der Waals surface area contributed by atoms with Crippen LogP contribution in [0.4, 0.5) is 0 Å². The van der Waals surface area contributed by atoms with Gasteiger partial charge in [0.15, 0.2) is 0 Å². The van der Waals surface area contributed by atoms with Gasteiger partial charge in [-0.25, -0.2) is 0 Å². The molecule has 1 saturated carbocycles. The molecule has 17 heavy (non-hydrogen) atoms. The van der Waals surface area contributed by atoms with E-state index in [9.17, 15) is 5.11 Å². The van der Waals surface area contributed by atoms with Crippen molar-refractivity contribution < 1.29 is 5.11 Å². The topological polar surface area (TPSA) is 20.2 Å². The van der Waals surface area contributed by atoms with Crippen LogP contribution in [0, 0.1) is 19.3 Å². The van der Waals surface area contributed by atoms with Gasteiger partial charge in [0, 0.05) is 6.61 Å². The maximum Gasteiger partial charge on any atom is 0.0490 e. The van der Waals surface area contributed by atoms with Crippen LogP contribution in [-0.2, 0) is 6.42 Å². The van der Waals surface area contributed by atoms with Gasteiger partial charge in [-0.3, -0.25) is 0 Å². The Hall–Kier alpha value is -0.820. The Morgan fingerprint density at radius 2 is 1.76 bits per heavy atom. The minimum absolute atomic E-state index is 0.167. The van der Waals surface area contributed by atoms with E-state index in [0.29, 0.717) is 6.61 Å². The zero-order valence-electron chi connectivity index (χ0n) is 11.1. The first-order valence-corrected chi connectivity index (χ1v) is 6.82. The molecule has 0 bridgehead atoms. The van der Waals surface area contributed by atoms with Gasteiger partial charge in [0.25, 0.3) is 0 Å². The van der Waals surface area contributed by atoms with E-state index in [1.165, 1.54) is 48.8 Å². The first-order chi connectivity index (χ1) is 8.15. The third kappa shape index (κ3) is 2.90. The molecule has 1 N–H and O–H groups in total. The van der Waals surface area contributed by atoms with Crippen molar-refractivity contribution in [3.05, 3.63) is 34.9 Å². The lowest BCUT2D eigenvalue weighted by molar-refractivity contribution is 0.0823. The van der Waals surface area contributed by atoms with E-state index in [2.05, 4.69) is 32.0 Å². The normalized spacial score (nSPS) is 19.2. The highest BCUT2D eigenvalue weighted by Gasteiger charge is 2.31. The van der Waals surface area contributed by atoms with Crippen LogP contribution in [0.2, 0.25) is 0 Å². The van der Waals surface area contributed by atoms with E-state index in [1.54, 1.807) is 0 Å². The monoisotopic (exact) mass is 232 g/mol. The van der Waals surface area contributed by atoms with Gasteiger partial charge in [0.1, 0.15) is 0 Å². The molecule has 0 saturated heterocycles. The van der Waals surface area contributed by atoms with E-state index in [0.717, 1.165) is 6.42 Å². The summed E-state index contributed by atoms with van der Waals surface area (Å²) in [5.74, 6) is 0. The molecule has 1 aromatic carbocycles. The molecular formula is C16H24O. The third-order valence-corrected chi connectivity index (χ3v) is 4.40. The van der Waals surface area contributed by atoms with Crippen molar-refractivity contribution >= 4 is 0 Å². The zero-order chi connectivity index (χ0) is 12.3. The highest BCUT2D eigenvalue weighted by Crippen LogP contribution is 2.38. The molecule has 1 aliphatic rings. The van der Waals surface area contributed by atoms with Crippen LogP contribution in [0.25, 0.3) is 0 Å². The molecule has 1 aromatic rings. The lowest BCUT2D eigenvalue weighted by Gasteiger charge is -2.36. The Kier molecular flexibility index (Phi) is 3.88. The quantitative estimate of drug-likeness (QED) is 0.840. The predicted molar refractivity (Wildman–Crippen MR) is 72.2 cm³/mol. The highest BCUT2D eigenvalue weighted by atomic mass is 16.3. The van der Waals surface area contributed by atoms with Crippen molar-refractivity contribution in [2.75, 3.05) is 6.61 Å². The average Bonchev–Trinajstić information content (AvgIpc) is 2.35. The maximum absolute atomic E-state index is 9.73. The van der Waals surface area contributed by atoms with Crippen LogP contribution in [0.3, 0.4) is 0 Å². The van der Waals surface area contributed by atoms with E-state index in [4.69, 9.17) is 0 Å². The molecule has 1 nitrogen and oxygen atoms in total. The third-order valence-electron chi connectivity index (χ3n) is 4.40. The Balaban J connectivity index is 2.14. The number of rotatable bonds is 3. The second-order valence-electron chi connectivity index (χ2n) is 5.81. The number of aryl methyl sites for hydroxylation is 2. The van der Waals surface area contributed by atoms with E-state index in [-0.39, 0.29) is 5.41 Å². The van der Waals surface area contributed by atoms with Gasteiger partial charge in [-0.2, -0.15) is 0 Å². The Morgan fingerprint density at radius 3 is 2.35 bits per heavy atom. The first-order valence-electron chi connectivity index (χ1n) is 6.82. The Morgan fingerprint density at radius 1 is 1.06 bits per heavy atom. The highest BCUT2D eigenvalue weighted by molar-refractivity contribution is 5.30. The lowest BCUT2D eigenvalue weighted by atomic mass is 9.71. The molecule has 0 aromatic heterocycles. The van der Waals surface area contributed by atoms with Crippen molar-refractivity contribution in [2.24, 2.45) is 5.41 Å². The maximum atomic E-state index is 9.73. The average molecular weight is 232 g/mol. The zero-order valence-corrected chi connectivity index (χ0v) is 11.1. The van der Waals surface area contributed by atoms with Gasteiger partial charge in [0.05, 0.1) is 0 Å². The van der Waals surface area contributed by atoms with E-state index < -0.39 is 0 Å². The summed E-state index contributed by atoms with van der Waals surface area (Å²) in [4.78, 5) is 0. The summed E-state index contributed by atoms with van der Waals surface area (Å²) in [5.41, 5.74) is 4.28. The molecule has 2 rings (SSSR count). The van der Waals surface area contributed by atoms with E-state index >= 15 is 0 Å². The van der Waals surface area contributed by atoms with Crippen LogP contribution in [0.5, 0.6) is 0 Å². The fourth-order valence-electron chi connectivity index (χ4n) is 3.04. The molecule has 0 unspecified atom stereocenters. The summed E-state index contributed by atoms with van der Waals surface area (Å²) in [5, 5.41) is 9.73. The van der Waals surface area contributed by atoms with Crippen LogP contribution in [-0.4, -0.2) is 11.7 Å². The lowest BCUT2D eigenvalue weighted by Crippen LogP contribution is -2.30. The van der Waals surface area contributed by atoms with Crippen molar-refractivity contribution in [2.45, 2.75) is 52.4 Å². The second-order valence-corrected chi connectivity index (χ2v) is 5.81. The molecule has 0 aliphatic heterocycles. The number of hydrogen-bond donors (Lipinski definition) is 1. The summed E-state index contributed by atoms with van der Waals surface area (Å²) in [6.45, 7) is 4.67. The predicted octanol–water partition coefficient (Wildman–Crippen LogP) is 3.79. The molecule has 1 aliphatic carbocycles. The minimum atomic E-state index is 0.167. The summed E-state index contributed by atoms with van der Waals surface area (Å²) < 4.78 is 0. The number of aliphatic hydroxyl groups is 1. The molecule has 0 radical (unpaired) electrons. The molecule has 1 fully saturated rings. The van der Waals surface area contributed by atoms with E-state index in [1.807, 2.05) is 0 Å². The molecule has 0 heterocycles. The summed E-state index contributed by atoms with van der Waals surface area (Å²) in [6, 6.07) is 6.73. The SMILES string of the molecule is Cc1ccc(CC2(CO)CCCCC2)cc1C. The molecule has 0 atom stereocenters. The van der Waals surface area contributed by atoms with Crippen LogP contribution >= 0.6 is 0 Å². The summed E-state index contributed by atoms with van der Waals surface area (Å²) in [6.07, 6.45) is 7.34. The van der Waals surface area contributed by atoms with Gasteiger partial charge >= 0.3 is 0 Å². The van der Waals surface area contributed by atoms with Crippen molar-refractivity contribution in [3.63, 3.8) is 0 Å². The second kappa shape index (κ2) is 5.22. The molecule has 0 amide bonds. The van der Waals surface area contributed by atoms with Gasteiger partial charge < -0.3 is 5.11 Å². The fraction of sp³-hybridized carbons (Fsp3) is 0.625. The van der Waals surface area contributed by atoms with Crippen molar-refractivity contribution in [3.8, 4) is 0 Å². The minimum Gasteiger partial charge on any atom is -0.396 e. The number of aliphatic hydroxyl groups excluding tert-OH is 1. The molecule has 94 valence electrons. The van der Waals surface area contributed by atoms with Crippen LogP contribution < -0.4 is 0 Å². The molecule has 0 spiro atoms.